The minimum atomic E-state index is -0.274. The van der Waals surface area contributed by atoms with Gasteiger partial charge in [0, 0.05) is 29.7 Å². The van der Waals surface area contributed by atoms with Crippen molar-refractivity contribution in [2.24, 2.45) is 5.10 Å². The van der Waals surface area contributed by atoms with Gasteiger partial charge in [0.25, 0.3) is 11.8 Å². The summed E-state index contributed by atoms with van der Waals surface area (Å²) < 4.78 is 16.6. The predicted octanol–water partition coefficient (Wildman–Crippen LogP) is 4.36. The number of carbonyl (C=O) groups is 2. The van der Waals surface area contributed by atoms with E-state index in [1.807, 2.05) is 44.2 Å². The van der Waals surface area contributed by atoms with Crippen molar-refractivity contribution in [3.63, 3.8) is 0 Å². The Bertz CT molecular complexity index is 1290. The lowest BCUT2D eigenvalue weighted by atomic mass is 9.93. The van der Waals surface area contributed by atoms with E-state index in [9.17, 15) is 9.59 Å². The molecule has 0 saturated carbocycles. The number of hydrogen-bond donors (Lipinski definition) is 2. The number of hydrazone groups is 1. The molecule has 0 fully saturated rings. The summed E-state index contributed by atoms with van der Waals surface area (Å²) in [5, 5.41) is 7.33. The monoisotopic (exact) mass is 489 g/mol. The van der Waals surface area contributed by atoms with Gasteiger partial charge in [-0.05, 0) is 62.9 Å². The van der Waals surface area contributed by atoms with E-state index in [2.05, 4.69) is 15.8 Å². The number of nitrogens with zero attached hydrogens (tertiary/aromatic N) is 1. The van der Waals surface area contributed by atoms with Crippen molar-refractivity contribution < 1.29 is 23.5 Å². The minimum Gasteiger partial charge on any atom is -0.493 e. The highest BCUT2D eigenvalue weighted by atomic mass is 16.5. The molecule has 1 aliphatic carbocycles. The Labute approximate surface area is 210 Å². The maximum atomic E-state index is 12.9. The molecule has 3 aromatic rings. The number of nitrogens with one attached hydrogen (secondary N) is 2. The molecule has 0 atom stereocenters. The van der Waals surface area contributed by atoms with Gasteiger partial charge in [-0.25, -0.2) is 5.43 Å². The molecule has 1 aromatic heterocycles. The number of ether oxygens (including phenoxy) is 2. The van der Waals surface area contributed by atoms with Gasteiger partial charge in [0.05, 0.1) is 19.9 Å². The fraction of sp³-hybridized carbons (Fsp3) is 0.321. The fourth-order valence-electron chi connectivity index (χ4n) is 4.32. The molecule has 4 rings (SSSR count). The molecule has 0 bridgehead atoms. The molecule has 1 aliphatic rings. The summed E-state index contributed by atoms with van der Waals surface area (Å²) >= 11 is 0. The Morgan fingerprint density at radius 1 is 0.972 bits per heavy atom. The van der Waals surface area contributed by atoms with E-state index in [0.29, 0.717) is 36.4 Å². The lowest BCUT2D eigenvalue weighted by molar-refractivity contribution is 0.0922. The third-order valence-electron chi connectivity index (χ3n) is 6.29. The number of carbonyl (C=O) groups excluding carboxylic acids is 2. The molecule has 8 heteroatoms. The summed E-state index contributed by atoms with van der Waals surface area (Å²) in [4.78, 5) is 25.4. The molecule has 0 unspecified atom stereocenters. The Hall–Kier alpha value is -4.07. The third-order valence-corrected chi connectivity index (χ3v) is 6.29. The average Bonchev–Trinajstić information content (AvgIpc) is 3.24. The van der Waals surface area contributed by atoms with Crippen LogP contribution in [0.2, 0.25) is 0 Å². The summed E-state index contributed by atoms with van der Waals surface area (Å²) in [6, 6.07) is 13.0. The summed E-state index contributed by atoms with van der Waals surface area (Å²) in [6.45, 7) is 4.26. The zero-order valence-electron chi connectivity index (χ0n) is 21.1. The van der Waals surface area contributed by atoms with E-state index in [4.69, 9.17) is 13.9 Å². The van der Waals surface area contributed by atoms with Crippen molar-refractivity contribution in [3.05, 3.63) is 81.8 Å². The first-order valence-electron chi connectivity index (χ1n) is 12.0. The van der Waals surface area contributed by atoms with E-state index < -0.39 is 0 Å². The first kappa shape index (κ1) is 25.0. The Morgan fingerprint density at radius 2 is 1.72 bits per heavy atom. The van der Waals surface area contributed by atoms with E-state index in [-0.39, 0.29) is 17.6 Å². The first-order chi connectivity index (χ1) is 17.4. The topological polar surface area (TPSA) is 102 Å². The lowest BCUT2D eigenvalue weighted by Crippen LogP contribution is -2.26. The van der Waals surface area contributed by atoms with Crippen LogP contribution in [-0.4, -0.2) is 38.3 Å². The Morgan fingerprint density at radius 3 is 2.44 bits per heavy atom. The number of benzene rings is 2. The van der Waals surface area contributed by atoms with Crippen molar-refractivity contribution in [2.45, 2.75) is 39.5 Å². The molecule has 0 aliphatic heterocycles. The Kier molecular flexibility index (Phi) is 7.73. The lowest BCUT2D eigenvalue weighted by Gasteiger charge is -2.13. The Balaban J connectivity index is 1.43. The summed E-state index contributed by atoms with van der Waals surface area (Å²) in [5.41, 5.74) is 7.56. The molecule has 1 heterocycles. The molecule has 36 heavy (non-hydrogen) atoms. The van der Waals surface area contributed by atoms with Crippen molar-refractivity contribution in [3.8, 4) is 11.5 Å². The van der Waals surface area contributed by atoms with E-state index in [1.54, 1.807) is 26.4 Å². The number of rotatable bonds is 8. The summed E-state index contributed by atoms with van der Waals surface area (Å²) in [6.07, 6.45) is 2.88. The molecular weight excluding hydrogens is 458 g/mol. The predicted molar refractivity (Wildman–Crippen MR) is 137 cm³/mol. The number of aryl methyl sites for hydroxylation is 2. The van der Waals surface area contributed by atoms with Gasteiger partial charge in [0.2, 0.25) is 0 Å². The highest BCUT2D eigenvalue weighted by Gasteiger charge is 2.28. The molecule has 0 radical (unpaired) electrons. The normalized spacial score (nSPS) is 13.7. The minimum absolute atomic E-state index is 0.273. The molecule has 2 N–H and O–H groups in total. The van der Waals surface area contributed by atoms with Crippen molar-refractivity contribution in [1.29, 1.82) is 0 Å². The van der Waals surface area contributed by atoms with Crippen LogP contribution >= 0.6 is 0 Å². The zero-order chi connectivity index (χ0) is 25.7. The maximum Gasteiger partial charge on any atom is 0.287 e. The molecule has 8 nitrogen and oxygen atoms in total. The van der Waals surface area contributed by atoms with Crippen LogP contribution in [0.5, 0.6) is 11.5 Å². The van der Waals surface area contributed by atoms with Crippen LogP contribution in [0.25, 0.3) is 0 Å². The van der Waals surface area contributed by atoms with Gasteiger partial charge in [0.1, 0.15) is 5.76 Å². The van der Waals surface area contributed by atoms with Gasteiger partial charge < -0.3 is 19.2 Å². The van der Waals surface area contributed by atoms with Gasteiger partial charge in [0.15, 0.2) is 17.3 Å². The number of hydrogen-bond acceptors (Lipinski definition) is 6. The highest BCUT2D eigenvalue weighted by molar-refractivity contribution is 6.07. The van der Waals surface area contributed by atoms with Crippen molar-refractivity contribution in [1.82, 2.24) is 10.7 Å². The van der Waals surface area contributed by atoms with Gasteiger partial charge in [-0.15, -0.1) is 0 Å². The molecular formula is C28H31N3O5. The second-order valence-corrected chi connectivity index (χ2v) is 8.77. The average molecular weight is 490 g/mol. The second kappa shape index (κ2) is 11.1. The number of fused-ring (bicyclic) bond motifs is 1. The van der Waals surface area contributed by atoms with Gasteiger partial charge in [-0.3, -0.25) is 9.59 Å². The molecule has 2 aromatic carbocycles. The van der Waals surface area contributed by atoms with Crippen LogP contribution in [0.15, 0.2) is 52.0 Å². The summed E-state index contributed by atoms with van der Waals surface area (Å²) in [7, 11) is 3.19. The van der Waals surface area contributed by atoms with Crippen LogP contribution in [0.1, 0.15) is 61.8 Å². The largest absolute Gasteiger partial charge is 0.493 e. The maximum absolute atomic E-state index is 12.9. The highest BCUT2D eigenvalue weighted by Crippen LogP contribution is 2.30. The third kappa shape index (κ3) is 5.43. The van der Waals surface area contributed by atoms with Crippen LogP contribution in [-0.2, 0) is 12.8 Å². The second-order valence-electron chi connectivity index (χ2n) is 8.77. The molecule has 0 saturated heterocycles. The summed E-state index contributed by atoms with van der Waals surface area (Å²) in [5.74, 6) is 1.78. The molecule has 0 spiro atoms. The quantitative estimate of drug-likeness (QED) is 0.458. The molecule has 188 valence electrons. The van der Waals surface area contributed by atoms with E-state index >= 15 is 0 Å². The van der Waals surface area contributed by atoms with Gasteiger partial charge in [-0.1, -0.05) is 23.8 Å². The molecule has 2 amide bonds. The SMILES string of the molecule is COc1ccc(CCNC(=O)c2oc3c(c2C)/C(=N/NC(=O)c2ccc(C)cc2)CCC3)cc1OC. The number of amides is 2. The van der Waals surface area contributed by atoms with Gasteiger partial charge >= 0.3 is 0 Å². The zero-order valence-corrected chi connectivity index (χ0v) is 21.1. The van der Waals surface area contributed by atoms with E-state index in [1.165, 1.54) is 0 Å². The first-order valence-corrected chi connectivity index (χ1v) is 12.0. The van der Waals surface area contributed by atoms with Crippen LogP contribution in [0.4, 0.5) is 0 Å². The van der Waals surface area contributed by atoms with Crippen LogP contribution in [0.3, 0.4) is 0 Å². The van der Waals surface area contributed by atoms with Crippen molar-refractivity contribution in [2.75, 3.05) is 20.8 Å². The van der Waals surface area contributed by atoms with Crippen molar-refractivity contribution >= 4 is 17.5 Å². The van der Waals surface area contributed by atoms with Crippen LogP contribution in [0, 0.1) is 13.8 Å². The standard InChI is InChI=1S/C28H31N3O5/c1-17-8-11-20(12-9-17)27(32)31-30-21-6-5-7-23-25(21)18(2)26(36-23)28(33)29-15-14-19-10-13-22(34-3)24(16-19)35-4/h8-13,16H,5-7,14-15H2,1-4H3,(H,29,33)(H,31,32)/b30-21+. The smallest absolute Gasteiger partial charge is 0.287 e. The van der Waals surface area contributed by atoms with Crippen LogP contribution < -0.4 is 20.2 Å². The number of furan rings is 1. The van der Waals surface area contributed by atoms with Gasteiger partial charge in [-0.2, -0.15) is 5.10 Å². The fourth-order valence-corrected chi connectivity index (χ4v) is 4.32. The van der Waals surface area contributed by atoms with E-state index in [0.717, 1.165) is 46.6 Å². The number of methoxy groups -OCH3 is 2.